The highest BCUT2D eigenvalue weighted by Crippen LogP contribution is 2.36. The molecule has 3 rings (SSSR count). The van der Waals surface area contributed by atoms with Crippen LogP contribution in [0.15, 0.2) is 18.5 Å². The van der Waals surface area contributed by atoms with Gasteiger partial charge in [-0.1, -0.05) is 0 Å². The van der Waals surface area contributed by atoms with Gasteiger partial charge in [-0.3, -0.25) is 4.68 Å². The topological polar surface area (TPSA) is 49.2 Å². The van der Waals surface area contributed by atoms with Crippen molar-refractivity contribution in [2.45, 2.75) is 65.2 Å². The molecule has 1 aliphatic rings. The first-order chi connectivity index (χ1) is 9.99. The molecule has 1 aliphatic heterocycles. The predicted octanol–water partition coefficient (Wildman–Crippen LogP) is 2.49. The third kappa shape index (κ3) is 2.44. The van der Waals surface area contributed by atoms with Gasteiger partial charge < -0.3 is 9.31 Å². The molecule has 2 aromatic heterocycles. The monoisotopic (exact) mass is 301 g/mol. The lowest BCUT2D eigenvalue weighted by Gasteiger charge is -2.32. The van der Waals surface area contributed by atoms with E-state index < -0.39 is 0 Å². The molecule has 0 N–H and O–H groups in total. The van der Waals surface area contributed by atoms with Gasteiger partial charge in [-0.2, -0.15) is 5.10 Å². The van der Waals surface area contributed by atoms with Crippen LogP contribution in [0.1, 0.15) is 48.5 Å². The van der Waals surface area contributed by atoms with E-state index in [1.807, 2.05) is 10.9 Å². The molecule has 0 bridgehead atoms. The van der Waals surface area contributed by atoms with Crippen molar-refractivity contribution in [1.29, 1.82) is 0 Å². The van der Waals surface area contributed by atoms with E-state index in [4.69, 9.17) is 9.31 Å². The Kier molecular flexibility index (Phi) is 3.21. The Morgan fingerprint density at radius 2 is 1.68 bits per heavy atom. The van der Waals surface area contributed by atoms with E-state index in [-0.39, 0.29) is 23.9 Å². The van der Waals surface area contributed by atoms with Crippen LogP contribution in [-0.2, 0) is 14.8 Å². The van der Waals surface area contributed by atoms with E-state index in [2.05, 4.69) is 64.6 Å². The minimum absolute atomic E-state index is 0.0643. The molecule has 5 nitrogen and oxygen atoms in total. The standard InChI is InChI=1S/C16H24BN3O2/c1-14(2,3)20-10-11-8-12(9-18-13(11)19-20)17-21-15(4,5)16(6,7)22-17/h8-10H,1-7H3. The van der Waals surface area contributed by atoms with E-state index in [9.17, 15) is 0 Å². The molecular weight excluding hydrogens is 277 g/mol. The summed E-state index contributed by atoms with van der Waals surface area (Å²) in [7, 11) is -0.389. The summed E-state index contributed by atoms with van der Waals surface area (Å²) in [5.74, 6) is 0. The summed E-state index contributed by atoms with van der Waals surface area (Å²) < 4.78 is 14.1. The number of hydrogen-bond donors (Lipinski definition) is 0. The highest BCUT2D eigenvalue weighted by Gasteiger charge is 2.51. The van der Waals surface area contributed by atoms with E-state index >= 15 is 0 Å². The maximum absolute atomic E-state index is 6.08. The highest BCUT2D eigenvalue weighted by atomic mass is 16.7. The van der Waals surface area contributed by atoms with Crippen molar-refractivity contribution >= 4 is 23.6 Å². The molecule has 0 radical (unpaired) electrons. The van der Waals surface area contributed by atoms with Crippen molar-refractivity contribution in [3.63, 3.8) is 0 Å². The summed E-state index contributed by atoms with van der Waals surface area (Å²) >= 11 is 0. The molecule has 22 heavy (non-hydrogen) atoms. The molecule has 1 saturated heterocycles. The van der Waals surface area contributed by atoms with E-state index in [1.165, 1.54) is 0 Å². The molecule has 118 valence electrons. The molecule has 0 atom stereocenters. The summed E-state index contributed by atoms with van der Waals surface area (Å²) in [6.45, 7) is 14.6. The smallest absolute Gasteiger partial charge is 0.399 e. The van der Waals surface area contributed by atoms with Gasteiger partial charge in [0.2, 0.25) is 0 Å². The highest BCUT2D eigenvalue weighted by molar-refractivity contribution is 6.62. The second-order valence-electron chi connectivity index (χ2n) is 8.01. The SMILES string of the molecule is CC(C)(C)n1cc2cc(B3OC(C)(C)C(C)(C)O3)cnc2n1. The van der Waals surface area contributed by atoms with Crippen LogP contribution in [-0.4, -0.2) is 33.1 Å². The van der Waals surface area contributed by atoms with Crippen molar-refractivity contribution in [2.24, 2.45) is 0 Å². The molecule has 0 aliphatic carbocycles. The number of hydrogen-bond acceptors (Lipinski definition) is 4. The summed E-state index contributed by atoms with van der Waals surface area (Å²) in [6.07, 6.45) is 3.82. The molecule has 0 spiro atoms. The first-order valence-corrected chi connectivity index (χ1v) is 7.71. The quantitative estimate of drug-likeness (QED) is 0.759. The fourth-order valence-electron chi connectivity index (χ4n) is 2.38. The van der Waals surface area contributed by atoms with Crippen molar-refractivity contribution in [3.8, 4) is 0 Å². The van der Waals surface area contributed by atoms with Crippen molar-refractivity contribution in [1.82, 2.24) is 14.8 Å². The molecule has 1 fully saturated rings. The Balaban J connectivity index is 1.97. The Morgan fingerprint density at radius 3 is 2.23 bits per heavy atom. The van der Waals surface area contributed by atoms with E-state index in [0.29, 0.717) is 0 Å². The van der Waals surface area contributed by atoms with Gasteiger partial charge in [-0.25, -0.2) is 4.98 Å². The third-order valence-electron chi connectivity index (χ3n) is 4.59. The summed E-state index contributed by atoms with van der Waals surface area (Å²) in [4.78, 5) is 4.46. The van der Waals surface area contributed by atoms with Crippen LogP contribution in [0, 0.1) is 0 Å². The lowest BCUT2D eigenvalue weighted by atomic mass is 9.80. The van der Waals surface area contributed by atoms with Gasteiger partial charge in [-0.15, -0.1) is 0 Å². The lowest BCUT2D eigenvalue weighted by molar-refractivity contribution is 0.00578. The molecule has 0 saturated carbocycles. The van der Waals surface area contributed by atoms with E-state index in [0.717, 1.165) is 16.5 Å². The number of pyridine rings is 1. The fourth-order valence-corrected chi connectivity index (χ4v) is 2.38. The zero-order chi connectivity index (χ0) is 16.3. The average molecular weight is 301 g/mol. The fraction of sp³-hybridized carbons (Fsp3) is 0.625. The van der Waals surface area contributed by atoms with Gasteiger partial charge in [0.05, 0.1) is 16.7 Å². The molecule has 0 aromatic carbocycles. The van der Waals surface area contributed by atoms with Gasteiger partial charge >= 0.3 is 7.12 Å². The Bertz CT molecular complexity index is 700. The first kappa shape index (κ1) is 15.5. The van der Waals surface area contributed by atoms with Crippen LogP contribution in [0.2, 0.25) is 0 Å². The summed E-state index contributed by atoms with van der Waals surface area (Å²) in [5, 5.41) is 5.53. The normalized spacial score (nSPS) is 20.8. The van der Waals surface area contributed by atoms with Gasteiger partial charge in [0.15, 0.2) is 5.65 Å². The van der Waals surface area contributed by atoms with Crippen LogP contribution in [0.5, 0.6) is 0 Å². The molecular formula is C16H24BN3O2. The third-order valence-corrected chi connectivity index (χ3v) is 4.59. The largest absolute Gasteiger partial charge is 0.496 e. The minimum Gasteiger partial charge on any atom is -0.399 e. The molecule has 0 unspecified atom stereocenters. The van der Waals surface area contributed by atoms with Gasteiger partial charge in [0, 0.05) is 23.2 Å². The Labute approximate surface area is 132 Å². The van der Waals surface area contributed by atoms with E-state index in [1.54, 1.807) is 6.20 Å². The van der Waals surface area contributed by atoms with Crippen LogP contribution >= 0.6 is 0 Å². The molecule has 3 heterocycles. The molecule has 0 amide bonds. The number of aromatic nitrogens is 3. The minimum atomic E-state index is -0.389. The lowest BCUT2D eigenvalue weighted by Crippen LogP contribution is -2.41. The maximum Gasteiger partial charge on any atom is 0.496 e. The van der Waals surface area contributed by atoms with Crippen LogP contribution in [0.3, 0.4) is 0 Å². The Hall–Kier alpha value is -1.40. The van der Waals surface area contributed by atoms with Gasteiger partial charge in [0.25, 0.3) is 0 Å². The molecule has 2 aromatic rings. The van der Waals surface area contributed by atoms with Crippen LogP contribution in [0.4, 0.5) is 0 Å². The van der Waals surface area contributed by atoms with Crippen LogP contribution < -0.4 is 5.46 Å². The summed E-state index contributed by atoms with van der Waals surface area (Å²) in [5.41, 5.74) is 0.921. The number of rotatable bonds is 1. The van der Waals surface area contributed by atoms with Gasteiger partial charge in [-0.05, 0) is 54.5 Å². The zero-order valence-electron chi connectivity index (χ0n) is 14.5. The number of nitrogens with zero attached hydrogens (tertiary/aromatic N) is 3. The van der Waals surface area contributed by atoms with Gasteiger partial charge in [0.1, 0.15) is 0 Å². The van der Waals surface area contributed by atoms with Crippen LogP contribution in [0.25, 0.3) is 11.0 Å². The second-order valence-corrected chi connectivity index (χ2v) is 8.01. The average Bonchev–Trinajstić information content (AvgIpc) is 2.87. The van der Waals surface area contributed by atoms with Crippen molar-refractivity contribution < 1.29 is 9.31 Å². The maximum atomic E-state index is 6.08. The van der Waals surface area contributed by atoms with Crippen molar-refractivity contribution in [2.75, 3.05) is 0 Å². The zero-order valence-corrected chi connectivity index (χ0v) is 14.5. The molecule has 6 heteroatoms. The van der Waals surface area contributed by atoms with Crippen molar-refractivity contribution in [3.05, 3.63) is 18.5 Å². The predicted molar refractivity (Wildman–Crippen MR) is 88.2 cm³/mol. The summed E-state index contributed by atoms with van der Waals surface area (Å²) in [6, 6.07) is 2.06. The first-order valence-electron chi connectivity index (χ1n) is 7.71. The Morgan fingerprint density at radius 1 is 1.09 bits per heavy atom. The number of fused-ring (bicyclic) bond motifs is 1. The second kappa shape index (κ2) is 4.55.